The van der Waals surface area contributed by atoms with E-state index in [-0.39, 0.29) is 12.4 Å². The standard InChI is InChI=1S/C10H12O4.ClH.H4N2/c1-13-8-5-3-7(4-6-8)9(14-2)10(11)12;;1-2/h3-6,9H,1-2H3,(H,11,12);1H;1-2H2. The Morgan fingerprint density at radius 3 is 2.00 bits per heavy atom. The first-order valence-corrected chi connectivity index (χ1v) is 4.42. The van der Waals surface area contributed by atoms with E-state index in [1.54, 1.807) is 31.4 Å². The van der Waals surface area contributed by atoms with E-state index in [0.29, 0.717) is 11.3 Å². The van der Waals surface area contributed by atoms with Gasteiger partial charge in [0.1, 0.15) is 5.75 Å². The highest BCUT2D eigenvalue weighted by atomic mass is 35.5. The Balaban J connectivity index is 0. The van der Waals surface area contributed by atoms with Crippen LogP contribution in [-0.2, 0) is 9.53 Å². The van der Waals surface area contributed by atoms with Crippen molar-refractivity contribution >= 4 is 18.4 Å². The maximum atomic E-state index is 10.7. The highest BCUT2D eigenvalue weighted by molar-refractivity contribution is 5.85. The van der Waals surface area contributed by atoms with Crippen molar-refractivity contribution in [3.8, 4) is 5.75 Å². The van der Waals surface area contributed by atoms with Gasteiger partial charge >= 0.3 is 5.97 Å². The molecule has 98 valence electrons. The van der Waals surface area contributed by atoms with Crippen LogP contribution < -0.4 is 16.4 Å². The number of methoxy groups -OCH3 is 2. The lowest BCUT2D eigenvalue weighted by atomic mass is 10.1. The molecule has 0 bridgehead atoms. The quantitative estimate of drug-likeness (QED) is 0.546. The number of carbonyl (C=O) groups is 1. The zero-order valence-electron chi connectivity index (χ0n) is 9.62. The SMILES string of the molecule is COc1ccc(C(OC)C(=O)O)cc1.Cl.NN. The third kappa shape index (κ3) is 5.50. The molecule has 1 unspecified atom stereocenters. The van der Waals surface area contributed by atoms with Gasteiger partial charge < -0.3 is 14.6 Å². The Morgan fingerprint density at radius 1 is 1.24 bits per heavy atom. The second-order valence-electron chi connectivity index (χ2n) is 2.73. The highest BCUT2D eigenvalue weighted by Gasteiger charge is 2.18. The van der Waals surface area contributed by atoms with Gasteiger partial charge in [-0.25, -0.2) is 4.79 Å². The molecule has 1 atom stereocenters. The summed E-state index contributed by atoms with van der Waals surface area (Å²) < 4.78 is 9.79. The number of rotatable bonds is 4. The third-order valence-corrected chi connectivity index (χ3v) is 1.88. The Hall–Kier alpha value is -1.34. The molecule has 5 N–H and O–H groups in total. The number of ether oxygens (including phenoxy) is 2. The molecule has 17 heavy (non-hydrogen) atoms. The average Bonchev–Trinajstić information content (AvgIpc) is 2.33. The van der Waals surface area contributed by atoms with Crippen LogP contribution in [0.3, 0.4) is 0 Å². The van der Waals surface area contributed by atoms with Crippen molar-refractivity contribution in [1.29, 1.82) is 0 Å². The number of aliphatic carboxylic acids is 1. The fourth-order valence-electron chi connectivity index (χ4n) is 1.16. The van der Waals surface area contributed by atoms with Crippen molar-refractivity contribution in [3.05, 3.63) is 29.8 Å². The van der Waals surface area contributed by atoms with Gasteiger partial charge in [-0.3, -0.25) is 11.7 Å². The van der Waals surface area contributed by atoms with E-state index in [1.807, 2.05) is 0 Å². The van der Waals surface area contributed by atoms with Gasteiger partial charge in [-0.2, -0.15) is 0 Å². The van der Waals surface area contributed by atoms with Crippen LogP contribution >= 0.6 is 12.4 Å². The molecule has 0 aromatic heterocycles. The monoisotopic (exact) mass is 264 g/mol. The molecule has 0 saturated heterocycles. The van der Waals surface area contributed by atoms with Gasteiger partial charge in [0, 0.05) is 7.11 Å². The number of carboxylic acid groups (broad SMARTS) is 1. The third-order valence-electron chi connectivity index (χ3n) is 1.88. The van der Waals surface area contributed by atoms with Crippen LogP contribution in [0.1, 0.15) is 11.7 Å². The first kappa shape index (κ1) is 18.0. The predicted octanol–water partition coefficient (Wildman–Crippen LogP) is 0.708. The lowest BCUT2D eigenvalue weighted by molar-refractivity contribution is -0.148. The van der Waals surface area contributed by atoms with Gasteiger partial charge in [0.2, 0.25) is 0 Å². The van der Waals surface area contributed by atoms with Crippen LogP contribution in [0.15, 0.2) is 24.3 Å². The van der Waals surface area contributed by atoms with Crippen LogP contribution in [-0.4, -0.2) is 25.3 Å². The first-order chi connectivity index (χ1) is 7.69. The maximum Gasteiger partial charge on any atom is 0.337 e. The van der Waals surface area contributed by atoms with Crippen LogP contribution in [0.4, 0.5) is 0 Å². The van der Waals surface area contributed by atoms with Crippen LogP contribution in [0.2, 0.25) is 0 Å². The summed E-state index contributed by atoms with van der Waals surface area (Å²) in [7, 11) is 2.92. The van der Waals surface area contributed by atoms with E-state index in [0.717, 1.165) is 0 Å². The summed E-state index contributed by atoms with van der Waals surface area (Å²) >= 11 is 0. The Labute approximate surface area is 106 Å². The number of nitrogens with two attached hydrogens (primary N) is 2. The summed E-state index contributed by atoms with van der Waals surface area (Å²) in [6.45, 7) is 0. The number of benzene rings is 1. The van der Waals surface area contributed by atoms with Crippen molar-refractivity contribution < 1.29 is 19.4 Å². The van der Waals surface area contributed by atoms with Gasteiger partial charge in [-0.05, 0) is 17.7 Å². The Morgan fingerprint density at radius 2 is 1.71 bits per heavy atom. The largest absolute Gasteiger partial charge is 0.497 e. The van der Waals surface area contributed by atoms with Crippen LogP contribution in [0.25, 0.3) is 0 Å². The molecule has 7 heteroatoms. The van der Waals surface area contributed by atoms with Crippen molar-refractivity contribution in [1.82, 2.24) is 0 Å². The maximum absolute atomic E-state index is 10.7. The number of hydrogen-bond donors (Lipinski definition) is 3. The summed E-state index contributed by atoms with van der Waals surface area (Å²) in [6, 6.07) is 6.73. The Kier molecular flexibility index (Phi) is 10.5. The molecule has 0 heterocycles. The van der Waals surface area contributed by atoms with Crippen molar-refractivity contribution in [2.75, 3.05) is 14.2 Å². The number of halogens is 1. The summed E-state index contributed by atoms with van der Waals surface area (Å²) in [5.41, 5.74) is 0.598. The van der Waals surface area contributed by atoms with Gasteiger partial charge in [-0.15, -0.1) is 12.4 Å². The lowest BCUT2D eigenvalue weighted by Gasteiger charge is -2.10. The van der Waals surface area contributed by atoms with E-state index < -0.39 is 12.1 Å². The zero-order chi connectivity index (χ0) is 12.6. The van der Waals surface area contributed by atoms with Gasteiger partial charge in [0.25, 0.3) is 0 Å². The number of hydrogen-bond acceptors (Lipinski definition) is 5. The minimum atomic E-state index is -1.00. The van der Waals surface area contributed by atoms with Crippen LogP contribution in [0.5, 0.6) is 5.75 Å². The van der Waals surface area contributed by atoms with Crippen molar-refractivity contribution in [3.63, 3.8) is 0 Å². The molecule has 0 aliphatic rings. The molecule has 0 radical (unpaired) electrons. The summed E-state index contributed by atoms with van der Waals surface area (Å²) in [4.78, 5) is 10.7. The fraction of sp³-hybridized carbons (Fsp3) is 0.300. The van der Waals surface area contributed by atoms with E-state index in [2.05, 4.69) is 11.7 Å². The van der Waals surface area contributed by atoms with Gasteiger partial charge in [-0.1, -0.05) is 12.1 Å². The van der Waals surface area contributed by atoms with Crippen molar-refractivity contribution in [2.45, 2.75) is 6.10 Å². The molecule has 0 aliphatic carbocycles. The molecule has 0 spiro atoms. The second-order valence-corrected chi connectivity index (χ2v) is 2.73. The van der Waals surface area contributed by atoms with Gasteiger partial charge in [0.15, 0.2) is 6.10 Å². The topological polar surface area (TPSA) is 108 Å². The zero-order valence-corrected chi connectivity index (χ0v) is 10.4. The fourth-order valence-corrected chi connectivity index (χ4v) is 1.16. The lowest BCUT2D eigenvalue weighted by Crippen LogP contribution is -2.13. The molecular formula is C10H17ClN2O4. The summed E-state index contributed by atoms with van der Waals surface area (Å²) in [5.74, 6) is 7.69. The van der Waals surface area contributed by atoms with E-state index in [4.69, 9.17) is 14.6 Å². The summed E-state index contributed by atoms with van der Waals surface area (Å²) in [6.07, 6.45) is -0.916. The second kappa shape index (κ2) is 9.86. The van der Waals surface area contributed by atoms with Crippen LogP contribution in [0, 0.1) is 0 Å². The Bertz CT molecular complexity index is 319. The minimum absolute atomic E-state index is 0. The normalized spacial score (nSPS) is 10.4. The molecule has 0 fully saturated rings. The molecule has 0 saturated carbocycles. The first-order valence-electron chi connectivity index (χ1n) is 4.42. The van der Waals surface area contributed by atoms with Gasteiger partial charge in [0.05, 0.1) is 7.11 Å². The molecule has 1 aromatic carbocycles. The summed E-state index contributed by atoms with van der Waals surface area (Å²) in [5, 5.41) is 8.80. The molecule has 0 aliphatic heterocycles. The predicted molar refractivity (Wildman–Crippen MR) is 66.0 cm³/mol. The number of carboxylic acids is 1. The van der Waals surface area contributed by atoms with E-state index in [9.17, 15) is 4.79 Å². The highest BCUT2D eigenvalue weighted by Crippen LogP contribution is 2.19. The molecule has 1 rings (SSSR count). The van der Waals surface area contributed by atoms with Crippen molar-refractivity contribution in [2.24, 2.45) is 11.7 Å². The number of hydrazine groups is 1. The molecular weight excluding hydrogens is 248 g/mol. The molecule has 1 aromatic rings. The molecule has 0 amide bonds. The van der Waals surface area contributed by atoms with E-state index >= 15 is 0 Å². The molecule has 6 nitrogen and oxygen atoms in total. The van der Waals surface area contributed by atoms with E-state index in [1.165, 1.54) is 7.11 Å². The smallest absolute Gasteiger partial charge is 0.337 e. The minimum Gasteiger partial charge on any atom is -0.497 e. The average molecular weight is 265 g/mol.